The molecule has 21 heavy (non-hydrogen) atoms. The number of benzene rings is 1. The highest BCUT2D eigenvalue weighted by Crippen LogP contribution is 2.27. The molecule has 0 aliphatic heterocycles. The molecule has 0 amide bonds. The lowest BCUT2D eigenvalue weighted by atomic mass is 10.1. The number of fused-ring (bicyclic) bond motifs is 1. The van der Waals surface area contributed by atoms with Gasteiger partial charge in [0.05, 0.1) is 7.11 Å². The van der Waals surface area contributed by atoms with Gasteiger partial charge >= 0.3 is 0 Å². The summed E-state index contributed by atoms with van der Waals surface area (Å²) in [7, 11) is 1.70. The minimum atomic E-state index is 0.504. The first-order valence-corrected chi connectivity index (χ1v) is 7.56. The highest BCUT2D eigenvalue weighted by Gasteiger charge is 2.11. The van der Waals surface area contributed by atoms with E-state index in [-0.39, 0.29) is 0 Å². The van der Waals surface area contributed by atoms with Gasteiger partial charge in [0.2, 0.25) is 0 Å². The lowest BCUT2D eigenvalue weighted by molar-refractivity contribution is 0.415. The molecule has 1 N–H and O–H groups in total. The molecule has 2 aromatic rings. The Balaban J connectivity index is 2.29. The quantitative estimate of drug-likeness (QED) is 0.849. The van der Waals surface area contributed by atoms with Crippen LogP contribution >= 0.6 is 0 Å². The van der Waals surface area contributed by atoms with Crippen molar-refractivity contribution in [3.63, 3.8) is 0 Å². The molecule has 0 saturated carbocycles. The zero-order chi connectivity index (χ0) is 15.2. The Labute approximate surface area is 127 Å². The fourth-order valence-electron chi connectivity index (χ4n) is 2.41. The lowest BCUT2D eigenvalue weighted by Crippen LogP contribution is -2.35. The molecule has 1 heterocycles. The number of rotatable bonds is 7. The van der Waals surface area contributed by atoms with E-state index in [2.05, 4.69) is 48.1 Å². The predicted octanol–water partition coefficient (Wildman–Crippen LogP) is 3.07. The molecule has 0 unspecified atom stereocenters. The molecule has 0 atom stereocenters. The fraction of sp³-hybridized carbons (Fsp3) is 0.471. The molecule has 2 rings (SSSR count). The van der Waals surface area contributed by atoms with Gasteiger partial charge in [0, 0.05) is 37.3 Å². The third-order valence-electron chi connectivity index (χ3n) is 3.57. The van der Waals surface area contributed by atoms with Crippen LogP contribution in [0.3, 0.4) is 0 Å². The first kappa shape index (κ1) is 15.6. The first-order chi connectivity index (χ1) is 10.2. The van der Waals surface area contributed by atoms with Crippen molar-refractivity contribution in [1.29, 1.82) is 0 Å². The number of likely N-dealkylation sites (N-methyl/N-ethyl adjacent to an activating group) is 1. The molecule has 1 aromatic carbocycles. The highest BCUT2D eigenvalue weighted by atomic mass is 16.5. The van der Waals surface area contributed by atoms with E-state index < -0.39 is 0 Å². The van der Waals surface area contributed by atoms with Gasteiger partial charge in [-0.15, -0.1) is 0 Å². The van der Waals surface area contributed by atoms with Crippen LogP contribution in [0.1, 0.15) is 20.8 Å². The Hall–Kier alpha value is -1.81. The van der Waals surface area contributed by atoms with Gasteiger partial charge < -0.3 is 15.0 Å². The van der Waals surface area contributed by atoms with Gasteiger partial charge in [-0.25, -0.2) is 4.98 Å². The second-order valence-corrected chi connectivity index (χ2v) is 5.41. The van der Waals surface area contributed by atoms with Gasteiger partial charge in [0.25, 0.3) is 0 Å². The lowest BCUT2D eigenvalue weighted by Gasteiger charge is -2.24. The Morgan fingerprint density at radius 1 is 1.29 bits per heavy atom. The number of aromatic nitrogens is 1. The summed E-state index contributed by atoms with van der Waals surface area (Å²) in [6.07, 6.45) is 1.88. The van der Waals surface area contributed by atoms with Crippen LogP contribution in [0.5, 0.6) is 5.75 Å². The SMILES string of the molecule is CCN(CCNC(C)C)c1nccc2ccc(OC)cc12. The number of ether oxygens (including phenoxy) is 1. The molecule has 4 nitrogen and oxygen atoms in total. The summed E-state index contributed by atoms with van der Waals surface area (Å²) in [6.45, 7) is 9.32. The van der Waals surface area contributed by atoms with Crippen molar-refractivity contribution in [2.75, 3.05) is 31.6 Å². The standard InChI is InChI=1S/C17H25N3O/c1-5-20(11-10-18-13(2)3)17-16-12-15(21-4)7-6-14(16)8-9-19-17/h6-9,12-13,18H,5,10-11H2,1-4H3. The van der Waals surface area contributed by atoms with Gasteiger partial charge in [-0.1, -0.05) is 19.9 Å². The predicted molar refractivity (Wildman–Crippen MR) is 89.3 cm³/mol. The van der Waals surface area contributed by atoms with Gasteiger partial charge in [-0.05, 0) is 30.5 Å². The van der Waals surface area contributed by atoms with Crippen LogP contribution < -0.4 is 15.0 Å². The first-order valence-electron chi connectivity index (χ1n) is 7.56. The monoisotopic (exact) mass is 287 g/mol. The minimum absolute atomic E-state index is 0.504. The van der Waals surface area contributed by atoms with E-state index in [0.29, 0.717) is 6.04 Å². The number of hydrogen-bond donors (Lipinski definition) is 1. The summed E-state index contributed by atoms with van der Waals surface area (Å²) < 4.78 is 5.34. The number of nitrogens with one attached hydrogen (secondary N) is 1. The average Bonchev–Trinajstić information content (AvgIpc) is 2.50. The summed E-state index contributed by atoms with van der Waals surface area (Å²) in [5.41, 5.74) is 0. The van der Waals surface area contributed by atoms with Crippen molar-refractivity contribution >= 4 is 16.6 Å². The normalized spacial score (nSPS) is 11.1. The summed E-state index contributed by atoms with van der Waals surface area (Å²) in [4.78, 5) is 6.90. The Morgan fingerprint density at radius 3 is 2.76 bits per heavy atom. The highest BCUT2D eigenvalue weighted by molar-refractivity contribution is 5.93. The van der Waals surface area contributed by atoms with Crippen molar-refractivity contribution in [3.8, 4) is 5.75 Å². The van der Waals surface area contributed by atoms with Crippen LogP contribution in [0, 0.1) is 0 Å². The Kier molecular flexibility index (Phi) is 5.39. The molecular formula is C17H25N3O. The molecule has 114 valence electrons. The van der Waals surface area contributed by atoms with Crippen LogP contribution in [0.4, 0.5) is 5.82 Å². The summed E-state index contributed by atoms with van der Waals surface area (Å²) in [5.74, 6) is 1.90. The van der Waals surface area contributed by atoms with E-state index >= 15 is 0 Å². The summed E-state index contributed by atoms with van der Waals surface area (Å²) >= 11 is 0. The van der Waals surface area contributed by atoms with E-state index in [4.69, 9.17) is 4.74 Å². The van der Waals surface area contributed by atoms with E-state index in [0.717, 1.165) is 36.6 Å². The van der Waals surface area contributed by atoms with Crippen LogP contribution in [-0.2, 0) is 0 Å². The third-order valence-corrected chi connectivity index (χ3v) is 3.57. The largest absolute Gasteiger partial charge is 0.497 e. The molecular weight excluding hydrogens is 262 g/mol. The van der Waals surface area contributed by atoms with E-state index in [1.165, 1.54) is 5.39 Å². The maximum atomic E-state index is 5.34. The van der Waals surface area contributed by atoms with Crippen molar-refractivity contribution < 1.29 is 4.74 Å². The van der Waals surface area contributed by atoms with Crippen molar-refractivity contribution in [2.24, 2.45) is 0 Å². The van der Waals surface area contributed by atoms with Gasteiger partial charge in [0.15, 0.2) is 0 Å². The zero-order valence-electron chi connectivity index (χ0n) is 13.4. The maximum Gasteiger partial charge on any atom is 0.136 e. The fourth-order valence-corrected chi connectivity index (χ4v) is 2.41. The molecule has 0 aliphatic carbocycles. The zero-order valence-corrected chi connectivity index (χ0v) is 13.4. The number of hydrogen-bond acceptors (Lipinski definition) is 4. The number of nitrogens with zero attached hydrogens (tertiary/aromatic N) is 2. The smallest absolute Gasteiger partial charge is 0.136 e. The number of anilines is 1. The minimum Gasteiger partial charge on any atom is -0.497 e. The van der Waals surface area contributed by atoms with Gasteiger partial charge in [0.1, 0.15) is 11.6 Å². The van der Waals surface area contributed by atoms with Gasteiger partial charge in [-0.3, -0.25) is 0 Å². The molecule has 0 bridgehead atoms. The molecule has 0 radical (unpaired) electrons. The van der Waals surface area contributed by atoms with Crippen LogP contribution in [0.25, 0.3) is 10.8 Å². The van der Waals surface area contributed by atoms with E-state index in [1.54, 1.807) is 7.11 Å². The molecule has 0 aliphatic rings. The van der Waals surface area contributed by atoms with Crippen molar-refractivity contribution in [2.45, 2.75) is 26.8 Å². The number of methoxy groups -OCH3 is 1. The maximum absolute atomic E-state index is 5.34. The Bertz CT molecular complexity index is 583. The second kappa shape index (κ2) is 7.27. The van der Waals surface area contributed by atoms with Crippen LogP contribution in [0.2, 0.25) is 0 Å². The summed E-state index contributed by atoms with van der Waals surface area (Å²) in [5, 5.41) is 5.79. The molecule has 0 fully saturated rings. The van der Waals surface area contributed by atoms with E-state index in [1.807, 2.05) is 18.3 Å². The number of pyridine rings is 1. The van der Waals surface area contributed by atoms with Crippen molar-refractivity contribution in [3.05, 3.63) is 30.5 Å². The van der Waals surface area contributed by atoms with E-state index in [9.17, 15) is 0 Å². The molecule has 4 heteroatoms. The summed E-state index contributed by atoms with van der Waals surface area (Å²) in [6, 6.07) is 8.68. The second-order valence-electron chi connectivity index (χ2n) is 5.41. The Morgan fingerprint density at radius 2 is 2.10 bits per heavy atom. The average molecular weight is 287 g/mol. The molecule has 0 spiro atoms. The van der Waals surface area contributed by atoms with Crippen LogP contribution in [0.15, 0.2) is 30.5 Å². The van der Waals surface area contributed by atoms with Crippen molar-refractivity contribution in [1.82, 2.24) is 10.3 Å². The van der Waals surface area contributed by atoms with Crippen LogP contribution in [-0.4, -0.2) is 37.8 Å². The molecule has 1 aromatic heterocycles. The van der Waals surface area contributed by atoms with Gasteiger partial charge in [-0.2, -0.15) is 0 Å². The molecule has 0 saturated heterocycles. The third kappa shape index (κ3) is 3.85. The topological polar surface area (TPSA) is 37.4 Å².